The molecular weight excluding hydrogens is 381 g/mol. The Morgan fingerprint density at radius 2 is 1.72 bits per heavy atom. The maximum atomic E-state index is 13.3. The van der Waals surface area contributed by atoms with Crippen LogP contribution >= 0.6 is 24.2 Å². The van der Waals surface area contributed by atoms with Gasteiger partial charge in [0.05, 0.1) is 10.6 Å². The van der Waals surface area contributed by atoms with Crippen LogP contribution in [0.1, 0.15) is 5.56 Å². The Kier molecular flexibility index (Phi) is 9.21. The zero-order chi connectivity index (χ0) is 17.4. The van der Waals surface area contributed by atoms with E-state index in [1.54, 1.807) is 24.3 Å². The molecule has 0 spiro atoms. The van der Waals surface area contributed by atoms with Crippen LogP contribution in [0.25, 0.3) is 0 Å². The van der Waals surface area contributed by atoms with Gasteiger partial charge in [-0.05, 0) is 42.3 Å². The Labute approximate surface area is 158 Å². The number of hydrogen-bond donors (Lipinski definition) is 1. The van der Waals surface area contributed by atoms with Gasteiger partial charge in [-0.15, -0.1) is 24.2 Å². The smallest absolute Gasteiger partial charge is 0.178 e. The molecule has 2 rings (SSSR count). The van der Waals surface area contributed by atoms with E-state index in [1.165, 1.54) is 17.8 Å². The van der Waals surface area contributed by atoms with E-state index in [4.69, 9.17) is 5.73 Å². The summed E-state index contributed by atoms with van der Waals surface area (Å²) in [5.41, 5.74) is 6.24. The lowest BCUT2D eigenvalue weighted by Gasteiger charge is -2.06. The molecule has 0 unspecified atom stereocenters. The summed E-state index contributed by atoms with van der Waals surface area (Å²) in [6, 6.07) is 16.1. The third-order valence-electron chi connectivity index (χ3n) is 3.40. The molecule has 7 heteroatoms. The molecule has 0 aliphatic heterocycles. The second-order valence-electron chi connectivity index (χ2n) is 5.20. The molecule has 0 radical (unpaired) electrons. The van der Waals surface area contributed by atoms with Crippen LogP contribution in [0.5, 0.6) is 0 Å². The van der Waals surface area contributed by atoms with Crippen LogP contribution in [0.4, 0.5) is 4.39 Å². The quantitative estimate of drug-likeness (QED) is 0.678. The van der Waals surface area contributed by atoms with Crippen LogP contribution in [-0.4, -0.2) is 26.5 Å². The van der Waals surface area contributed by atoms with Crippen molar-refractivity contribution < 1.29 is 12.8 Å². The molecule has 0 bridgehead atoms. The molecule has 2 aromatic carbocycles. The van der Waals surface area contributed by atoms with E-state index in [0.29, 0.717) is 11.3 Å². The molecule has 0 aliphatic rings. The van der Waals surface area contributed by atoms with Crippen LogP contribution in [0.3, 0.4) is 0 Å². The summed E-state index contributed by atoms with van der Waals surface area (Å²) < 4.78 is 38.0. The van der Waals surface area contributed by atoms with Crippen LogP contribution < -0.4 is 5.73 Å². The van der Waals surface area contributed by atoms with Crippen molar-refractivity contribution in [3.05, 3.63) is 72.1 Å². The van der Waals surface area contributed by atoms with Crippen molar-refractivity contribution >= 4 is 34.0 Å². The van der Waals surface area contributed by atoms with Crippen LogP contribution in [0.2, 0.25) is 0 Å². The molecule has 2 aromatic rings. The van der Waals surface area contributed by atoms with Gasteiger partial charge in [-0.25, -0.2) is 12.8 Å². The molecule has 3 nitrogen and oxygen atoms in total. The molecule has 0 saturated carbocycles. The molecule has 25 heavy (non-hydrogen) atoms. The summed E-state index contributed by atoms with van der Waals surface area (Å²) in [6.45, 7) is 0.172. The minimum atomic E-state index is -3.33. The highest BCUT2D eigenvalue weighted by atomic mass is 35.5. The Bertz CT molecular complexity index is 778. The summed E-state index contributed by atoms with van der Waals surface area (Å²) in [6.07, 6.45) is 1.81. The van der Waals surface area contributed by atoms with E-state index < -0.39 is 9.84 Å². The molecule has 136 valence electrons. The second-order valence-corrected chi connectivity index (χ2v) is 8.36. The van der Waals surface area contributed by atoms with E-state index in [9.17, 15) is 12.8 Å². The Balaban J connectivity index is 0.00000312. The van der Waals surface area contributed by atoms with E-state index in [1.807, 2.05) is 30.3 Å². The van der Waals surface area contributed by atoms with Gasteiger partial charge in [0, 0.05) is 17.2 Å². The highest BCUT2D eigenvalue weighted by molar-refractivity contribution is 7.99. The van der Waals surface area contributed by atoms with Gasteiger partial charge in [0.15, 0.2) is 9.84 Å². The number of hydrogen-bond acceptors (Lipinski definition) is 4. The minimum Gasteiger partial charge on any atom is -0.327 e. The van der Waals surface area contributed by atoms with Gasteiger partial charge in [0.25, 0.3) is 0 Å². The fraction of sp³-hybridized carbons (Fsp3) is 0.222. The van der Waals surface area contributed by atoms with Gasteiger partial charge in [0.1, 0.15) is 5.83 Å². The van der Waals surface area contributed by atoms with Gasteiger partial charge in [-0.2, -0.15) is 0 Å². The van der Waals surface area contributed by atoms with Gasteiger partial charge < -0.3 is 5.73 Å². The SMILES string of the molecule is Cl.NC/C=C(/F)CSc1ccc(S(=O)(=O)CCc2ccccc2)cc1. The molecule has 0 heterocycles. The first-order chi connectivity index (χ1) is 11.5. The lowest BCUT2D eigenvalue weighted by molar-refractivity contribution is 0.595. The van der Waals surface area contributed by atoms with E-state index in [-0.39, 0.29) is 36.3 Å². The normalized spacial score (nSPS) is 11.8. The lowest BCUT2D eigenvalue weighted by atomic mass is 10.2. The molecule has 0 saturated heterocycles. The summed E-state index contributed by atoms with van der Waals surface area (Å²) in [5.74, 6) is -0.0173. The molecule has 0 aliphatic carbocycles. The van der Waals surface area contributed by atoms with Crippen molar-refractivity contribution in [2.45, 2.75) is 16.2 Å². The largest absolute Gasteiger partial charge is 0.327 e. The highest BCUT2D eigenvalue weighted by Crippen LogP contribution is 2.23. The van der Waals surface area contributed by atoms with Crippen molar-refractivity contribution in [3.8, 4) is 0 Å². The zero-order valence-corrected chi connectivity index (χ0v) is 16.0. The number of benzene rings is 2. The maximum Gasteiger partial charge on any atom is 0.178 e. The first kappa shape index (κ1) is 21.7. The third-order valence-corrected chi connectivity index (χ3v) is 6.16. The number of thioether (sulfide) groups is 1. The molecule has 0 atom stereocenters. The van der Waals surface area contributed by atoms with Crippen molar-refractivity contribution in [3.63, 3.8) is 0 Å². The monoisotopic (exact) mass is 401 g/mol. The number of aryl methyl sites for hydroxylation is 1. The molecule has 0 fully saturated rings. The summed E-state index contributed by atoms with van der Waals surface area (Å²) in [5, 5.41) is 0. The topological polar surface area (TPSA) is 60.2 Å². The van der Waals surface area contributed by atoms with Gasteiger partial charge in [0.2, 0.25) is 0 Å². The summed E-state index contributed by atoms with van der Waals surface area (Å²) in [7, 11) is -3.33. The van der Waals surface area contributed by atoms with Crippen LogP contribution in [-0.2, 0) is 16.3 Å². The van der Waals surface area contributed by atoms with Crippen molar-refractivity contribution in [1.82, 2.24) is 0 Å². The lowest BCUT2D eigenvalue weighted by Crippen LogP contribution is -2.09. The maximum absolute atomic E-state index is 13.3. The Hall–Kier alpha value is -1.34. The van der Waals surface area contributed by atoms with Gasteiger partial charge >= 0.3 is 0 Å². The number of rotatable bonds is 8. The van der Waals surface area contributed by atoms with Crippen LogP contribution in [0, 0.1) is 0 Å². The van der Waals surface area contributed by atoms with E-state index in [2.05, 4.69) is 0 Å². The van der Waals surface area contributed by atoms with Crippen molar-refractivity contribution in [2.75, 3.05) is 18.1 Å². The molecule has 0 amide bonds. The number of sulfone groups is 1. The number of halogens is 2. The Morgan fingerprint density at radius 1 is 1.08 bits per heavy atom. The first-order valence-corrected chi connectivity index (χ1v) is 10.2. The fourth-order valence-electron chi connectivity index (χ4n) is 2.10. The van der Waals surface area contributed by atoms with E-state index >= 15 is 0 Å². The van der Waals surface area contributed by atoms with Gasteiger partial charge in [-0.1, -0.05) is 30.3 Å². The third kappa shape index (κ3) is 7.20. The average molecular weight is 402 g/mol. The standard InChI is InChI=1S/C18H20FNO2S2.ClH/c19-16(10-12-20)14-23-17-6-8-18(9-7-17)24(21,22)13-11-15-4-2-1-3-5-15;/h1-10H,11-14,20H2;1H/b16-10+;. The molecule has 2 N–H and O–H groups in total. The molecular formula is C18H21ClFNO2S2. The highest BCUT2D eigenvalue weighted by Gasteiger charge is 2.14. The van der Waals surface area contributed by atoms with E-state index in [0.717, 1.165) is 10.5 Å². The number of nitrogens with two attached hydrogens (primary N) is 1. The Morgan fingerprint density at radius 3 is 2.32 bits per heavy atom. The molecule has 0 aromatic heterocycles. The predicted octanol–water partition coefficient (Wildman–Crippen LogP) is 4.03. The fourth-order valence-corrected chi connectivity index (χ4v) is 4.14. The second kappa shape index (κ2) is 10.6. The van der Waals surface area contributed by atoms with Gasteiger partial charge in [-0.3, -0.25) is 0 Å². The van der Waals surface area contributed by atoms with Crippen molar-refractivity contribution in [2.24, 2.45) is 5.73 Å². The minimum absolute atomic E-state index is 0. The first-order valence-electron chi connectivity index (χ1n) is 7.55. The van der Waals surface area contributed by atoms with Crippen LogP contribution in [0.15, 0.2) is 76.3 Å². The van der Waals surface area contributed by atoms with Crippen molar-refractivity contribution in [1.29, 1.82) is 0 Å². The summed E-state index contributed by atoms with van der Waals surface area (Å²) in [4.78, 5) is 1.11. The average Bonchev–Trinajstić information content (AvgIpc) is 2.60. The predicted molar refractivity (Wildman–Crippen MR) is 105 cm³/mol. The zero-order valence-electron chi connectivity index (χ0n) is 13.6. The summed E-state index contributed by atoms with van der Waals surface area (Å²) >= 11 is 1.30.